The zero-order valence-corrected chi connectivity index (χ0v) is 36.1. The zero-order valence-electron chi connectivity index (χ0n) is 35.2. The van der Waals surface area contributed by atoms with Crippen molar-refractivity contribution in [1.29, 1.82) is 0 Å². The van der Waals surface area contributed by atoms with Crippen LogP contribution in [0.1, 0.15) is 193 Å². The molecule has 8 atom stereocenters. The van der Waals surface area contributed by atoms with Gasteiger partial charge < -0.3 is 39.9 Å². The van der Waals surface area contributed by atoms with Crippen LogP contribution in [0, 0.1) is 0 Å². The minimum Gasteiger partial charge on any atom is -0.462 e. The first-order chi connectivity index (χ1) is 27.4. The monoisotopic (exact) mass is 837 g/mol. The molecule has 0 spiro atoms. The molecule has 0 aromatic carbocycles. The van der Waals surface area contributed by atoms with Crippen LogP contribution in [0.4, 0.5) is 0 Å². The van der Waals surface area contributed by atoms with Gasteiger partial charge >= 0.3 is 19.8 Å². The summed E-state index contributed by atoms with van der Waals surface area (Å²) in [6, 6.07) is 0. The van der Waals surface area contributed by atoms with E-state index >= 15 is 0 Å². The van der Waals surface area contributed by atoms with E-state index in [9.17, 15) is 44.6 Å². The third-order valence-electron chi connectivity index (χ3n) is 10.8. The lowest BCUT2D eigenvalue weighted by molar-refractivity contribution is -0.220. The highest BCUT2D eigenvalue weighted by Crippen LogP contribution is 2.47. The van der Waals surface area contributed by atoms with Crippen molar-refractivity contribution in [2.75, 3.05) is 13.2 Å². The zero-order chi connectivity index (χ0) is 42.2. The van der Waals surface area contributed by atoms with Crippen LogP contribution in [0.25, 0.3) is 0 Å². The quantitative estimate of drug-likeness (QED) is 0.0150. The molecule has 1 aliphatic carbocycles. The predicted octanol–water partition coefficient (Wildman–Crippen LogP) is 8.28. The van der Waals surface area contributed by atoms with E-state index in [1.807, 2.05) is 6.08 Å². The van der Waals surface area contributed by atoms with Crippen molar-refractivity contribution < 1.29 is 63.1 Å². The van der Waals surface area contributed by atoms with Crippen molar-refractivity contribution in [3.8, 4) is 0 Å². The number of carbonyl (C=O) groups is 2. The number of ether oxygens (including phenoxy) is 2. The number of esters is 2. The van der Waals surface area contributed by atoms with Crippen molar-refractivity contribution in [1.82, 2.24) is 0 Å². The van der Waals surface area contributed by atoms with E-state index in [1.54, 1.807) is 0 Å². The number of rotatable bonds is 38. The molecule has 0 aromatic rings. The summed E-state index contributed by atoms with van der Waals surface area (Å²) in [6.07, 6.45) is 20.2. The van der Waals surface area contributed by atoms with Gasteiger partial charge in [0, 0.05) is 12.8 Å². The van der Waals surface area contributed by atoms with E-state index in [2.05, 4.69) is 13.5 Å². The second-order valence-corrected chi connectivity index (χ2v) is 17.4. The fourth-order valence-electron chi connectivity index (χ4n) is 7.09. The third kappa shape index (κ3) is 27.1. The number of unbranched alkanes of at least 4 members (excludes halogenated alkanes) is 25. The summed E-state index contributed by atoms with van der Waals surface area (Å²) in [4.78, 5) is 35.6. The molecule has 0 bridgehead atoms. The van der Waals surface area contributed by atoms with Gasteiger partial charge in [-0.05, 0) is 25.7 Å². The maximum absolute atomic E-state index is 12.8. The van der Waals surface area contributed by atoms with Gasteiger partial charge in [0.15, 0.2) is 6.10 Å². The van der Waals surface area contributed by atoms with Crippen LogP contribution in [-0.4, -0.2) is 98.3 Å². The molecule has 0 heterocycles. The number of hydrogen-bond donors (Lipinski definition) is 6. The van der Waals surface area contributed by atoms with Gasteiger partial charge in [0.1, 0.15) is 43.2 Å². The Kier molecular flexibility index (Phi) is 32.3. The highest BCUT2D eigenvalue weighted by Gasteiger charge is 2.51. The van der Waals surface area contributed by atoms with E-state index in [0.29, 0.717) is 12.8 Å². The van der Waals surface area contributed by atoms with Crippen LogP contribution in [-0.2, 0) is 32.7 Å². The third-order valence-corrected chi connectivity index (χ3v) is 11.7. The molecule has 0 radical (unpaired) electrons. The van der Waals surface area contributed by atoms with Crippen LogP contribution in [0.2, 0.25) is 0 Å². The second-order valence-electron chi connectivity index (χ2n) is 16.0. The van der Waals surface area contributed by atoms with Gasteiger partial charge in [-0.25, -0.2) is 4.57 Å². The van der Waals surface area contributed by atoms with E-state index in [4.69, 9.17) is 18.5 Å². The Bertz CT molecular complexity index is 1050. The number of phosphoric acid groups is 1. The van der Waals surface area contributed by atoms with Gasteiger partial charge in [-0.3, -0.25) is 18.6 Å². The molecule has 0 aliphatic heterocycles. The molecule has 6 N–H and O–H groups in total. The average molecular weight is 837 g/mol. The lowest BCUT2D eigenvalue weighted by Gasteiger charge is -2.41. The minimum absolute atomic E-state index is 0.102. The van der Waals surface area contributed by atoms with E-state index < -0.39 is 75.7 Å². The number of phosphoric ester groups is 1. The van der Waals surface area contributed by atoms with Crippen LogP contribution >= 0.6 is 7.82 Å². The SMILES string of the molecule is C=CCCCCCCCCCCCCCCCC(=O)OC[C@@H](COP(=O)(O)OC1C(O)C(O)C(O)[C@H](O)C1O)OC(=O)CCCCCCCCCCCCCCC. The van der Waals surface area contributed by atoms with Gasteiger partial charge in [-0.2, -0.15) is 0 Å². The first-order valence-corrected chi connectivity index (χ1v) is 23.9. The number of aliphatic hydroxyl groups excluding tert-OH is 5. The number of allylic oxidation sites excluding steroid dienone is 1. The predicted molar refractivity (Wildman–Crippen MR) is 221 cm³/mol. The molecule has 57 heavy (non-hydrogen) atoms. The van der Waals surface area contributed by atoms with Crippen LogP contribution in [0.15, 0.2) is 12.7 Å². The smallest absolute Gasteiger partial charge is 0.462 e. The van der Waals surface area contributed by atoms with Crippen LogP contribution in [0.3, 0.4) is 0 Å². The van der Waals surface area contributed by atoms with Crippen molar-refractivity contribution in [3.63, 3.8) is 0 Å². The second kappa shape index (κ2) is 34.3. The van der Waals surface area contributed by atoms with Gasteiger partial charge in [0.2, 0.25) is 0 Å². The Labute approximate surface area is 343 Å². The van der Waals surface area contributed by atoms with Crippen LogP contribution < -0.4 is 0 Å². The summed E-state index contributed by atoms with van der Waals surface area (Å²) in [5.74, 6) is -1.09. The Hall–Kier alpha value is -1.41. The van der Waals surface area contributed by atoms with Crippen molar-refractivity contribution in [2.45, 2.75) is 236 Å². The molecular weight excluding hydrogens is 755 g/mol. The molecule has 13 nitrogen and oxygen atoms in total. The first kappa shape index (κ1) is 53.6. The molecule has 0 aromatic heterocycles. The van der Waals surface area contributed by atoms with Gasteiger partial charge in [-0.1, -0.05) is 161 Å². The van der Waals surface area contributed by atoms with E-state index in [0.717, 1.165) is 44.9 Å². The van der Waals surface area contributed by atoms with E-state index in [-0.39, 0.29) is 12.8 Å². The molecule has 14 heteroatoms. The molecule has 6 unspecified atom stereocenters. The Balaban J connectivity index is 2.45. The molecular formula is C43H81O13P. The van der Waals surface area contributed by atoms with Crippen LogP contribution in [0.5, 0.6) is 0 Å². The molecule has 0 saturated heterocycles. The number of carbonyl (C=O) groups excluding carboxylic acids is 2. The summed E-state index contributed by atoms with van der Waals surface area (Å²) in [6.45, 7) is 4.82. The normalized spacial score (nSPS) is 22.5. The number of hydrogen-bond acceptors (Lipinski definition) is 12. The van der Waals surface area contributed by atoms with Gasteiger partial charge in [-0.15, -0.1) is 6.58 Å². The van der Waals surface area contributed by atoms with Gasteiger partial charge in [0.25, 0.3) is 0 Å². The molecule has 1 aliphatic rings. The Morgan fingerprint density at radius 3 is 1.35 bits per heavy atom. The molecule has 336 valence electrons. The summed E-state index contributed by atoms with van der Waals surface area (Å²) in [5.41, 5.74) is 0. The maximum atomic E-state index is 12.8. The Morgan fingerprint density at radius 2 is 0.930 bits per heavy atom. The highest BCUT2D eigenvalue weighted by molar-refractivity contribution is 7.47. The van der Waals surface area contributed by atoms with Gasteiger partial charge in [0.05, 0.1) is 6.61 Å². The Morgan fingerprint density at radius 1 is 0.561 bits per heavy atom. The fourth-order valence-corrected chi connectivity index (χ4v) is 8.06. The molecule has 1 saturated carbocycles. The lowest BCUT2D eigenvalue weighted by atomic mass is 9.85. The topological polar surface area (TPSA) is 210 Å². The fraction of sp³-hybridized carbons (Fsp3) is 0.907. The highest BCUT2D eigenvalue weighted by atomic mass is 31.2. The van der Waals surface area contributed by atoms with Crippen molar-refractivity contribution in [2.24, 2.45) is 0 Å². The van der Waals surface area contributed by atoms with Crippen molar-refractivity contribution >= 4 is 19.8 Å². The van der Waals surface area contributed by atoms with E-state index in [1.165, 1.54) is 116 Å². The van der Waals surface area contributed by atoms with Crippen molar-refractivity contribution in [3.05, 3.63) is 12.7 Å². The minimum atomic E-state index is -5.11. The lowest BCUT2D eigenvalue weighted by Crippen LogP contribution is -2.64. The number of aliphatic hydroxyl groups is 5. The molecule has 0 amide bonds. The largest absolute Gasteiger partial charge is 0.472 e. The summed E-state index contributed by atoms with van der Waals surface area (Å²) in [7, 11) is -5.11. The maximum Gasteiger partial charge on any atom is 0.472 e. The molecule has 1 fully saturated rings. The molecule has 1 rings (SSSR count). The first-order valence-electron chi connectivity index (χ1n) is 22.5. The summed E-state index contributed by atoms with van der Waals surface area (Å²) < 4.78 is 33.5. The summed E-state index contributed by atoms with van der Waals surface area (Å²) in [5, 5.41) is 50.1. The summed E-state index contributed by atoms with van der Waals surface area (Å²) >= 11 is 0. The standard InChI is InChI=1S/C43H81O13P/c1-3-5-7-9-11-13-15-17-18-20-21-23-25-27-29-31-36(44)53-33-35(34-54-57(51,52)56-43-41(49)39(47)38(46)40(48)42(43)50)55-37(45)32-30-28-26-24-22-19-16-14-12-10-8-6-4-2/h3,35,38-43,46-50H,1,4-34H2,2H3,(H,51,52)/t35-,38?,39-,40?,41?,42?,43?/m0/s1. The average Bonchev–Trinajstić information content (AvgIpc) is 3.19.